The Bertz CT molecular complexity index is 1460. The van der Waals surface area contributed by atoms with Crippen molar-refractivity contribution in [3.05, 3.63) is 72.6 Å². The third-order valence-corrected chi connectivity index (χ3v) is 10.5. The molecule has 1 saturated heterocycles. The van der Waals surface area contributed by atoms with Gasteiger partial charge in [-0.25, -0.2) is 4.98 Å². The van der Waals surface area contributed by atoms with Gasteiger partial charge in [0.05, 0.1) is 16.8 Å². The zero-order valence-corrected chi connectivity index (χ0v) is 24.8. The summed E-state index contributed by atoms with van der Waals surface area (Å²) in [6.45, 7) is 3.08. The van der Waals surface area contributed by atoms with Crippen molar-refractivity contribution in [2.24, 2.45) is 11.8 Å². The number of fused-ring (bicyclic) bond motifs is 3. The molecule has 3 unspecified atom stereocenters. The lowest BCUT2D eigenvalue weighted by Gasteiger charge is -2.56. The molecule has 1 fully saturated rings. The number of aromatic nitrogens is 2. The molecule has 6 heteroatoms. The molecule has 0 aromatic heterocycles. The van der Waals surface area contributed by atoms with Crippen LogP contribution >= 0.6 is 0 Å². The number of hydrogen-bond acceptors (Lipinski definition) is 5. The fourth-order valence-electron chi connectivity index (χ4n) is 8.56. The Morgan fingerprint density at radius 3 is 2.60 bits per heavy atom. The molecule has 1 aromatic carbocycles. The summed E-state index contributed by atoms with van der Waals surface area (Å²) in [5, 5.41) is 29.3. The van der Waals surface area contributed by atoms with Gasteiger partial charge in [-0.05, 0) is 126 Å². The summed E-state index contributed by atoms with van der Waals surface area (Å²) in [6, 6.07) is 10.6. The van der Waals surface area contributed by atoms with Crippen molar-refractivity contribution in [3.8, 4) is 11.3 Å². The SMILES string of the molecule is On1ccc2c3ccccc3nc-2c1C1=C[C@@]2(O)CC/C=C\CCCCN3CCC1C1[C@H]2NCCCC/C=C\CC[C@@H]13. The van der Waals surface area contributed by atoms with Gasteiger partial charge in [0.1, 0.15) is 5.69 Å². The van der Waals surface area contributed by atoms with Crippen LogP contribution in [-0.4, -0.2) is 62.2 Å². The van der Waals surface area contributed by atoms with Gasteiger partial charge >= 0.3 is 0 Å². The molecule has 5 aliphatic heterocycles. The third-order valence-electron chi connectivity index (χ3n) is 10.5. The monoisotopic (exact) mass is 566 g/mol. The lowest BCUT2D eigenvalue weighted by molar-refractivity contribution is -0.0469. The maximum absolute atomic E-state index is 12.8. The molecule has 0 spiro atoms. The van der Waals surface area contributed by atoms with Gasteiger partial charge in [0.15, 0.2) is 0 Å². The quantitative estimate of drug-likeness (QED) is 0.223. The Balaban J connectivity index is 1.41. The van der Waals surface area contributed by atoms with E-state index in [1.54, 1.807) is 6.20 Å². The molecule has 5 heterocycles. The van der Waals surface area contributed by atoms with E-state index in [0.29, 0.717) is 12.5 Å². The Labute approximate surface area is 250 Å². The van der Waals surface area contributed by atoms with Crippen LogP contribution in [0.25, 0.3) is 27.7 Å². The van der Waals surface area contributed by atoms with Gasteiger partial charge in [-0.15, -0.1) is 0 Å². The summed E-state index contributed by atoms with van der Waals surface area (Å²) in [7, 11) is 0. The van der Waals surface area contributed by atoms with E-state index < -0.39 is 5.60 Å². The lowest BCUT2D eigenvalue weighted by atomic mass is 9.60. The minimum absolute atomic E-state index is 0.0327. The zero-order chi connectivity index (χ0) is 28.5. The van der Waals surface area contributed by atoms with E-state index in [9.17, 15) is 10.3 Å². The molecule has 3 N–H and O–H groups in total. The average Bonchev–Trinajstić information content (AvgIpc) is 3.36. The minimum atomic E-state index is -1.03. The maximum atomic E-state index is 12.8. The number of hydrogen-bond donors (Lipinski definition) is 3. The second-order valence-corrected chi connectivity index (χ2v) is 13.0. The van der Waals surface area contributed by atoms with E-state index >= 15 is 0 Å². The number of piperidine rings is 1. The van der Waals surface area contributed by atoms with E-state index in [0.717, 1.165) is 98.0 Å². The Morgan fingerprint density at radius 2 is 1.69 bits per heavy atom. The Morgan fingerprint density at radius 1 is 0.881 bits per heavy atom. The Hall–Kier alpha value is -2.93. The lowest BCUT2D eigenvalue weighted by Crippen LogP contribution is -2.65. The van der Waals surface area contributed by atoms with Gasteiger partial charge in [-0.2, -0.15) is 4.73 Å². The highest BCUT2D eigenvalue weighted by Gasteiger charge is 2.53. The second-order valence-electron chi connectivity index (χ2n) is 13.0. The summed E-state index contributed by atoms with van der Waals surface area (Å²) in [4.78, 5) is 7.82. The zero-order valence-electron chi connectivity index (χ0n) is 24.8. The van der Waals surface area contributed by atoms with Gasteiger partial charge in [0.25, 0.3) is 0 Å². The molecule has 42 heavy (non-hydrogen) atoms. The number of aliphatic hydroxyl groups is 1. The van der Waals surface area contributed by atoms with Crippen molar-refractivity contribution in [3.63, 3.8) is 0 Å². The van der Waals surface area contributed by atoms with Gasteiger partial charge < -0.3 is 15.6 Å². The number of nitrogens with zero attached hydrogens (tertiary/aromatic N) is 3. The summed E-state index contributed by atoms with van der Waals surface area (Å²) >= 11 is 0. The van der Waals surface area contributed by atoms with Gasteiger partial charge in [0, 0.05) is 29.2 Å². The standard InChI is InChI=1S/C36H46N4O2/c41-36-20-12-6-2-4-8-14-22-39-23-18-27(32-31(39)17-9-5-1-3-7-13-21-37-35(32)36)29(25-36)34-33-28(19-24-40(34)42)26-15-10-11-16-30(26)38-33/h1-2,5-6,10-11,15-16,19,24-25,27,31-32,35,37,41-42H,3-4,7-9,12-14,17-18,20-23H2/b5-1-,6-2-/t27?,31-,32?,35+,36-/m0/s1. The highest BCUT2D eigenvalue weighted by molar-refractivity contribution is 6.00. The molecule has 0 radical (unpaired) electrons. The van der Waals surface area contributed by atoms with Crippen LogP contribution in [0.1, 0.15) is 76.3 Å². The molecule has 7 rings (SSSR count). The van der Waals surface area contributed by atoms with Crippen molar-refractivity contribution in [1.29, 1.82) is 0 Å². The van der Waals surface area contributed by atoms with E-state index in [1.807, 2.05) is 12.1 Å². The van der Waals surface area contributed by atoms with Crippen molar-refractivity contribution in [2.75, 3.05) is 19.6 Å². The highest BCUT2D eigenvalue weighted by atomic mass is 16.5. The number of benzene rings is 1. The topological polar surface area (TPSA) is 73.5 Å². The predicted molar refractivity (Wildman–Crippen MR) is 170 cm³/mol. The third kappa shape index (κ3) is 5.12. The van der Waals surface area contributed by atoms with Gasteiger partial charge in [0.2, 0.25) is 0 Å². The molecule has 6 aliphatic rings. The average molecular weight is 567 g/mol. The van der Waals surface area contributed by atoms with Crippen LogP contribution in [0.15, 0.2) is 66.9 Å². The maximum Gasteiger partial charge on any atom is 0.109 e. The largest absolute Gasteiger partial charge is 0.428 e. The van der Waals surface area contributed by atoms with E-state index in [1.165, 1.54) is 24.0 Å². The molecular formula is C36H46N4O2. The predicted octanol–water partition coefficient (Wildman–Crippen LogP) is 6.81. The van der Waals surface area contributed by atoms with E-state index in [-0.39, 0.29) is 17.9 Å². The molecule has 1 aromatic rings. The number of para-hydroxylation sites is 1. The van der Waals surface area contributed by atoms with Crippen molar-refractivity contribution in [1.82, 2.24) is 19.9 Å². The molecule has 0 saturated carbocycles. The first-order chi connectivity index (χ1) is 20.6. The highest BCUT2D eigenvalue weighted by Crippen LogP contribution is 2.51. The smallest absolute Gasteiger partial charge is 0.109 e. The summed E-state index contributed by atoms with van der Waals surface area (Å²) < 4.78 is 1.28. The van der Waals surface area contributed by atoms with Crippen LogP contribution in [0, 0.1) is 11.8 Å². The van der Waals surface area contributed by atoms with Gasteiger partial charge in [-0.1, -0.05) is 42.5 Å². The number of nitrogens with one attached hydrogen (secondary N) is 1. The first-order valence-corrected chi connectivity index (χ1v) is 16.5. The van der Waals surface area contributed by atoms with Crippen LogP contribution in [0.3, 0.4) is 0 Å². The summed E-state index contributed by atoms with van der Waals surface area (Å²) in [5.41, 5.74) is 3.62. The number of pyridine rings is 1. The molecule has 6 nitrogen and oxygen atoms in total. The van der Waals surface area contributed by atoms with Crippen LogP contribution < -0.4 is 5.32 Å². The van der Waals surface area contributed by atoms with Crippen LogP contribution in [0.2, 0.25) is 0 Å². The molecular weight excluding hydrogens is 520 g/mol. The fraction of sp³-hybridized carbons (Fsp3) is 0.528. The summed E-state index contributed by atoms with van der Waals surface area (Å²) in [5.74, 6) is 0.460. The van der Waals surface area contributed by atoms with Crippen molar-refractivity contribution < 1.29 is 10.3 Å². The van der Waals surface area contributed by atoms with E-state index in [4.69, 9.17) is 4.98 Å². The van der Waals surface area contributed by atoms with Crippen molar-refractivity contribution in [2.45, 2.75) is 88.3 Å². The van der Waals surface area contributed by atoms with Crippen LogP contribution in [0.4, 0.5) is 0 Å². The first-order valence-electron chi connectivity index (χ1n) is 16.5. The summed E-state index contributed by atoms with van der Waals surface area (Å²) in [6.07, 6.45) is 24.9. The molecule has 1 aliphatic carbocycles. The Kier molecular flexibility index (Phi) is 7.95. The van der Waals surface area contributed by atoms with Crippen molar-refractivity contribution >= 4 is 16.5 Å². The molecule has 0 amide bonds. The van der Waals surface area contributed by atoms with Crippen LogP contribution in [0.5, 0.6) is 0 Å². The van der Waals surface area contributed by atoms with Crippen LogP contribution in [-0.2, 0) is 0 Å². The first kappa shape index (κ1) is 27.9. The number of allylic oxidation sites excluding steroid dienone is 5. The molecule has 6 atom stereocenters. The second kappa shape index (κ2) is 12.0. The minimum Gasteiger partial charge on any atom is -0.428 e. The molecule has 5 bridgehead atoms. The molecule has 222 valence electrons. The normalized spacial score (nSPS) is 34.3. The number of rotatable bonds is 1. The van der Waals surface area contributed by atoms with Gasteiger partial charge in [-0.3, -0.25) is 4.90 Å². The fourth-order valence-corrected chi connectivity index (χ4v) is 8.56. The van der Waals surface area contributed by atoms with E-state index in [2.05, 4.69) is 58.8 Å².